The second-order valence-electron chi connectivity index (χ2n) is 5.95. The van der Waals surface area contributed by atoms with E-state index in [-0.39, 0.29) is 5.91 Å². The van der Waals surface area contributed by atoms with E-state index in [1.54, 1.807) is 0 Å². The number of carbonyl (C=O) groups is 1. The Morgan fingerprint density at radius 1 is 1.12 bits per heavy atom. The first kappa shape index (κ1) is 17.5. The molecule has 0 spiro atoms. The van der Waals surface area contributed by atoms with Crippen molar-refractivity contribution in [3.63, 3.8) is 0 Å². The van der Waals surface area contributed by atoms with Gasteiger partial charge in [0.1, 0.15) is 5.75 Å². The molecule has 1 amide bonds. The molecule has 25 heavy (non-hydrogen) atoms. The summed E-state index contributed by atoms with van der Waals surface area (Å²) in [5.41, 5.74) is 1.84. The third kappa shape index (κ3) is 4.02. The zero-order chi connectivity index (χ0) is 17.8. The van der Waals surface area contributed by atoms with Gasteiger partial charge in [0, 0.05) is 15.5 Å². The molecule has 3 rings (SSSR count). The van der Waals surface area contributed by atoms with Crippen molar-refractivity contribution in [2.45, 2.75) is 26.4 Å². The Balaban J connectivity index is 1.79. The van der Waals surface area contributed by atoms with E-state index in [1.807, 2.05) is 74.5 Å². The first-order valence-electron chi connectivity index (χ1n) is 8.30. The van der Waals surface area contributed by atoms with Crippen molar-refractivity contribution >= 4 is 38.3 Å². The number of halogens is 1. The van der Waals surface area contributed by atoms with Gasteiger partial charge in [-0.15, -0.1) is 0 Å². The standard InChI is InChI=1S/C21H20BrNO2/c1-3-19(21(24)23-16-11-12-18(22)14(2)13-16)25-20-10-6-8-15-7-4-5-9-17(15)20/h4-13,19H,3H2,1-2H3,(H,23,24)/t19-/m1/s1. The zero-order valence-electron chi connectivity index (χ0n) is 14.3. The van der Waals surface area contributed by atoms with Crippen LogP contribution in [0.2, 0.25) is 0 Å². The van der Waals surface area contributed by atoms with Gasteiger partial charge in [-0.2, -0.15) is 0 Å². The number of anilines is 1. The quantitative estimate of drug-likeness (QED) is 0.598. The molecule has 3 nitrogen and oxygen atoms in total. The van der Waals surface area contributed by atoms with Gasteiger partial charge < -0.3 is 10.1 Å². The molecule has 0 aliphatic carbocycles. The average molecular weight is 398 g/mol. The molecule has 0 unspecified atom stereocenters. The van der Waals surface area contributed by atoms with Crippen molar-refractivity contribution < 1.29 is 9.53 Å². The Bertz CT molecular complexity index is 902. The van der Waals surface area contributed by atoms with Crippen molar-refractivity contribution in [2.75, 3.05) is 5.32 Å². The van der Waals surface area contributed by atoms with Crippen LogP contribution >= 0.6 is 15.9 Å². The smallest absolute Gasteiger partial charge is 0.265 e. The monoisotopic (exact) mass is 397 g/mol. The van der Waals surface area contributed by atoms with Crippen molar-refractivity contribution in [3.05, 3.63) is 70.7 Å². The van der Waals surface area contributed by atoms with E-state index in [9.17, 15) is 4.79 Å². The third-order valence-corrected chi connectivity index (χ3v) is 5.00. The zero-order valence-corrected chi connectivity index (χ0v) is 15.8. The molecule has 3 aromatic carbocycles. The van der Waals surface area contributed by atoms with E-state index in [0.29, 0.717) is 6.42 Å². The maximum atomic E-state index is 12.6. The fraction of sp³-hybridized carbons (Fsp3) is 0.190. The fourth-order valence-electron chi connectivity index (χ4n) is 2.72. The number of nitrogens with one attached hydrogen (secondary N) is 1. The Morgan fingerprint density at radius 3 is 2.64 bits per heavy atom. The minimum absolute atomic E-state index is 0.142. The minimum atomic E-state index is -0.547. The van der Waals surface area contributed by atoms with Crippen LogP contribution in [0.5, 0.6) is 5.75 Å². The molecule has 0 aliphatic rings. The van der Waals surface area contributed by atoms with Gasteiger partial charge in [-0.1, -0.05) is 59.3 Å². The molecule has 0 heterocycles. The molecule has 0 aromatic heterocycles. The summed E-state index contributed by atoms with van der Waals surface area (Å²) in [5.74, 6) is 0.587. The lowest BCUT2D eigenvalue weighted by Gasteiger charge is -2.19. The first-order chi connectivity index (χ1) is 12.1. The van der Waals surface area contributed by atoms with Crippen LogP contribution in [0.25, 0.3) is 10.8 Å². The summed E-state index contributed by atoms with van der Waals surface area (Å²) in [5, 5.41) is 5.05. The largest absolute Gasteiger partial charge is 0.480 e. The summed E-state index contributed by atoms with van der Waals surface area (Å²) in [4.78, 5) is 12.6. The predicted octanol–water partition coefficient (Wildman–Crippen LogP) is 5.71. The molecule has 1 atom stereocenters. The Morgan fingerprint density at radius 2 is 1.88 bits per heavy atom. The highest BCUT2D eigenvalue weighted by Crippen LogP contribution is 2.27. The molecule has 1 N–H and O–H groups in total. The molecule has 0 saturated carbocycles. The number of ether oxygens (including phenoxy) is 1. The van der Waals surface area contributed by atoms with Gasteiger partial charge in [-0.25, -0.2) is 0 Å². The van der Waals surface area contributed by atoms with E-state index in [0.717, 1.165) is 32.2 Å². The van der Waals surface area contributed by atoms with Gasteiger partial charge in [0.25, 0.3) is 5.91 Å². The molecule has 0 bridgehead atoms. The molecule has 0 saturated heterocycles. The normalized spacial score (nSPS) is 12.0. The minimum Gasteiger partial charge on any atom is -0.480 e. The average Bonchev–Trinajstić information content (AvgIpc) is 2.62. The highest BCUT2D eigenvalue weighted by Gasteiger charge is 2.19. The van der Waals surface area contributed by atoms with E-state index >= 15 is 0 Å². The summed E-state index contributed by atoms with van der Waals surface area (Å²) < 4.78 is 7.06. The van der Waals surface area contributed by atoms with E-state index in [1.165, 1.54) is 0 Å². The van der Waals surface area contributed by atoms with Crippen LogP contribution in [0, 0.1) is 6.92 Å². The second kappa shape index (κ2) is 7.70. The van der Waals surface area contributed by atoms with E-state index in [4.69, 9.17) is 4.74 Å². The van der Waals surface area contributed by atoms with Crippen molar-refractivity contribution in [1.82, 2.24) is 0 Å². The molecular formula is C21H20BrNO2. The fourth-order valence-corrected chi connectivity index (χ4v) is 2.97. The number of hydrogen-bond donors (Lipinski definition) is 1. The van der Waals surface area contributed by atoms with Gasteiger partial charge >= 0.3 is 0 Å². The van der Waals surface area contributed by atoms with E-state index < -0.39 is 6.10 Å². The Labute approximate surface area is 156 Å². The highest BCUT2D eigenvalue weighted by atomic mass is 79.9. The number of aryl methyl sites for hydroxylation is 1. The Kier molecular flexibility index (Phi) is 5.39. The lowest BCUT2D eigenvalue weighted by Crippen LogP contribution is -2.32. The van der Waals surface area contributed by atoms with Gasteiger partial charge in [0.15, 0.2) is 6.10 Å². The van der Waals surface area contributed by atoms with Crippen LogP contribution in [0.4, 0.5) is 5.69 Å². The van der Waals surface area contributed by atoms with Gasteiger partial charge in [-0.05, 0) is 48.6 Å². The summed E-state index contributed by atoms with van der Waals surface area (Å²) in [6.45, 7) is 3.94. The number of rotatable bonds is 5. The summed E-state index contributed by atoms with van der Waals surface area (Å²) in [6, 6.07) is 19.6. The van der Waals surface area contributed by atoms with Crippen molar-refractivity contribution in [3.8, 4) is 5.75 Å². The second-order valence-corrected chi connectivity index (χ2v) is 6.80. The highest BCUT2D eigenvalue weighted by molar-refractivity contribution is 9.10. The lowest BCUT2D eigenvalue weighted by atomic mass is 10.1. The van der Waals surface area contributed by atoms with Crippen LogP contribution in [0.1, 0.15) is 18.9 Å². The van der Waals surface area contributed by atoms with E-state index in [2.05, 4.69) is 21.2 Å². The lowest BCUT2D eigenvalue weighted by molar-refractivity contribution is -0.122. The summed E-state index contributed by atoms with van der Waals surface area (Å²) in [7, 11) is 0. The summed E-state index contributed by atoms with van der Waals surface area (Å²) in [6.07, 6.45) is 0.0413. The molecule has 0 radical (unpaired) electrons. The number of fused-ring (bicyclic) bond motifs is 1. The predicted molar refractivity (Wildman–Crippen MR) is 106 cm³/mol. The first-order valence-corrected chi connectivity index (χ1v) is 9.09. The number of hydrogen-bond acceptors (Lipinski definition) is 2. The van der Waals surface area contributed by atoms with Crippen LogP contribution in [0.3, 0.4) is 0 Å². The molecule has 0 aliphatic heterocycles. The van der Waals surface area contributed by atoms with Crippen LogP contribution in [-0.2, 0) is 4.79 Å². The third-order valence-electron chi connectivity index (χ3n) is 4.11. The van der Waals surface area contributed by atoms with Crippen LogP contribution in [-0.4, -0.2) is 12.0 Å². The number of carbonyl (C=O) groups excluding carboxylic acids is 1. The van der Waals surface area contributed by atoms with Crippen LogP contribution < -0.4 is 10.1 Å². The van der Waals surface area contributed by atoms with Gasteiger partial charge in [-0.3, -0.25) is 4.79 Å². The number of benzene rings is 3. The molecule has 4 heteroatoms. The molecule has 128 valence electrons. The van der Waals surface area contributed by atoms with Crippen molar-refractivity contribution in [2.24, 2.45) is 0 Å². The maximum absolute atomic E-state index is 12.6. The van der Waals surface area contributed by atoms with Crippen molar-refractivity contribution in [1.29, 1.82) is 0 Å². The summed E-state index contributed by atoms with van der Waals surface area (Å²) >= 11 is 3.47. The molecule has 3 aromatic rings. The SMILES string of the molecule is CC[C@@H](Oc1cccc2ccccc12)C(=O)Nc1ccc(Br)c(C)c1. The Hall–Kier alpha value is -2.33. The molecular weight excluding hydrogens is 378 g/mol. The molecule has 0 fully saturated rings. The maximum Gasteiger partial charge on any atom is 0.265 e. The van der Waals surface area contributed by atoms with Crippen LogP contribution in [0.15, 0.2) is 65.1 Å². The topological polar surface area (TPSA) is 38.3 Å². The van der Waals surface area contributed by atoms with Gasteiger partial charge in [0.05, 0.1) is 0 Å². The number of amides is 1. The van der Waals surface area contributed by atoms with Gasteiger partial charge in [0.2, 0.25) is 0 Å².